The quantitative estimate of drug-likeness (QED) is 0.399. The lowest BCUT2D eigenvalue weighted by molar-refractivity contribution is -0.182. The summed E-state index contributed by atoms with van der Waals surface area (Å²) in [6.45, 7) is 4.69. The summed E-state index contributed by atoms with van der Waals surface area (Å²) in [6, 6.07) is 5.84. The SMILES string of the molecule is CC1(C(=O)OC2(C(N)=O)CCC(CCN3CCC(C(=O)c4ccc(F)cc4)CC3)CC2)CCCCC1. The van der Waals surface area contributed by atoms with E-state index < -0.39 is 16.9 Å². The van der Waals surface area contributed by atoms with Crippen molar-refractivity contribution in [3.8, 4) is 0 Å². The number of nitrogens with two attached hydrogens (primary N) is 1. The number of nitrogens with zero attached hydrogens (tertiary/aromatic N) is 1. The van der Waals surface area contributed by atoms with E-state index in [0.29, 0.717) is 24.3 Å². The third-order valence-electron chi connectivity index (χ3n) is 9.04. The lowest BCUT2D eigenvalue weighted by atomic mass is 9.74. The van der Waals surface area contributed by atoms with E-state index in [1.54, 1.807) is 12.1 Å². The predicted molar refractivity (Wildman–Crippen MR) is 136 cm³/mol. The topological polar surface area (TPSA) is 89.7 Å². The third kappa shape index (κ3) is 6.16. The summed E-state index contributed by atoms with van der Waals surface area (Å²) in [5, 5.41) is 0. The van der Waals surface area contributed by atoms with Crippen molar-refractivity contribution in [2.75, 3.05) is 19.6 Å². The Morgan fingerprint density at radius 2 is 1.58 bits per heavy atom. The van der Waals surface area contributed by atoms with Gasteiger partial charge in [-0.2, -0.15) is 0 Å². The summed E-state index contributed by atoms with van der Waals surface area (Å²) in [5.74, 6) is -0.507. The first-order valence-corrected chi connectivity index (χ1v) is 13.8. The first kappa shape index (κ1) is 26.8. The molecule has 198 valence electrons. The summed E-state index contributed by atoms with van der Waals surface area (Å²) in [7, 11) is 0. The molecule has 1 heterocycles. The van der Waals surface area contributed by atoms with Crippen LogP contribution in [0.5, 0.6) is 0 Å². The zero-order valence-corrected chi connectivity index (χ0v) is 21.6. The normalized spacial score (nSPS) is 27.3. The molecular formula is C29H41FN2O4. The number of ketones is 1. The second-order valence-electron chi connectivity index (χ2n) is 11.6. The maximum Gasteiger partial charge on any atom is 0.312 e. The molecule has 36 heavy (non-hydrogen) atoms. The number of rotatable bonds is 8. The largest absolute Gasteiger partial charge is 0.449 e. The van der Waals surface area contributed by atoms with Gasteiger partial charge in [-0.15, -0.1) is 0 Å². The van der Waals surface area contributed by atoms with Crippen LogP contribution in [0.25, 0.3) is 0 Å². The number of hydrogen-bond acceptors (Lipinski definition) is 5. The van der Waals surface area contributed by atoms with Crippen molar-refractivity contribution in [3.05, 3.63) is 35.6 Å². The van der Waals surface area contributed by atoms with E-state index in [9.17, 15) is 18.8 Å². The number of esters is 1. The predicted octanol–water partition coefficient (Wildman–Crippen LogP) is 5.04. The molecule has 3 fully saturated rings. The van der Waals surface area contributed by atoms with Gasteiger partial charge >= 0.3 is 5.97 Å². The van der Waals surface area contributed by atoms with Gasteiger partial charge < -0.3 is 15.4 Å². The Morgan fingerprint density at radius 3 is 2.17 bits per heavy atom. The Bertz CT molecular complexity index is 925. The molecular weight excluding hydrogens is 459 g/mol. The maximum absolute atomic E-state index is 13.1. The molecule has 0 radical (unpaired) electrons. The number of benzene rings is 1. The Morgan fingerprint density at radius 1 is 0.972 bits per heavy atom. The number of primary amides is 1. The molecule has 0 atom stereocenters. The average molecular weight is 501 g/mol. The lowest BCUT2D eigenvalue weighted by Gasteiger charge is -2.41. The average Bonchev–Trinajstić information content (AvgIpc) is 2.89. The molecule has 4 rings (SSSR count). The minimum absolute atomic E-state index is 0.00159. The van der Waals surface area contributed by atoms with E-state index in [0.717, 1.165) is 83.8 Å². The third-order valence-corrected chi connectivity index (χ3v) is 9.04. The van der Waals surface area contributed by atoms with Crippen LogP contribution in [-0.4, -0.2) is 47.8 Å². The van der Waals surface area contributed by atoms with Gasteiger partial charge in [-0.3, -0.25) is 14.4 Å². The number of ether oxygens (including phenoxy) is 1. The van der Waals surface area contributed by atoms with Crippen LogP contribution in [0.3, 0.4) is 0 Å². The highest BCUT2D eigenvalue weighted by molar-refractivity contribution is 5.97. The van der Waals surface area contributed by atoms with E-state index in [2.05, 4.69) is 4.90 Å². The Hall–Kier alpha value is -2.28. The molecule has 0 unspecified atom stereocenters. The molecule has 0 spiro atoms. The number of carbonyl (C=O) groups is 3. The van der Waals surface area contributed by atoms with Crippen LogP contribution >= 0.6 is 0 Å². The van der Waals surface area contributed by atoms with Gasteiger partial charge in [0, 0.05) is 11.5 Å². The van der Waals surface area contributed by atoms with Gasteiger partial charge in [-0.05, 0) is 115 Å². The number of carbonyl (C=O) groups excluding carboxylic acids is 3. The standard InChI is InChI=1S/C29H41FN2O4/c1-28(14-3-2-4-15-28)27(35)36-29(26(31)34)16-9-21(10-17-29)11-18-32-19-12-23(13-20-32)25(33)22-5-7-24(30)8-6-22/h5-8,21,23H,2-4,9-20H2,1H3,(H2,31,34). The van der Waals surface area contributed by atoms with Gasteiger partial charge in [-0.1, -0.05) is 19.3 Å². The number of amides is 1. The van der Waals surface area contributed by atoms with Crippen LogP contribution in [0.2, 0.25) is 0 Å². The summed E-state index contributed by atoms with van der Waals surface area (Å²) in [6.07, 6.45) is 10.1. The summed E-state index contributed by atoms with van der Waals surface area (Å²) in [5.41, 5.74) is 4.71. The molecule has 1 aromatic rings. The Kier molecular flexibility index (Phi) is 8.48. The Balaban J connectivity index is 1.21. The van der Waals surface area contributed by atoms with E-state index in [-0.39, 0.29) is 23.5 Å². The summed E-state index contributed by atoms with van der Waals surface area (Å²) >= 11 is 0. The van der Waals surface area contributed by atoms with Crippen molar-refractivity contribution >= 4 is 17.7 Å². The molecule has 1 aliphatic heterocycles. The first-order chi connectivity index (χ1) is 17.2. The first-order valence-electron chi connectivity index (χ1n) is 13.8. The molecule has 2 saturated carbocycles. The molecule has 1 saturated heterocycles. The highest BCUT2D eigenvalue weighted by Gasteiger charge is 2.47. The van der Waals surface area contributed by atoms with Crippen LogP contribution in [0.15, 0.2) is 24.3 Å². The molecule has 2 aliphatic carbocycles. The van der Waals surface area contributed by atoms with E-state index in [1.165, 1.54) is 12.1 Å². The van der Waals surface area contributed by atoms with Crippen molar-refractivity contribution < 1.29 is 23.5 Å². The number of Topliss-reactive ketones (excluding diaryl/α,β-unsaturated/α-hetero) is 1. The minimum atomic E-state index is -1.16. The van der Waals surface area contributed by atoms with Crippen LogP contribution in [0.1, 0.15) is 94.3 Å². The fourth-order valence-electron chi connectivity index (χ4n) is 6.30. The minimum Gasteiger partial charge on any atom is -0.449 e. The Labute approximate surface area is 214 Å². The fraction of sp³-hybridized carbons (Fsp3) is 0.690. The maximum atomic E-state index is 13.1. The number of halogens is 1. The number of likely N-dealkylation sites (tertiary alicyclic amines) is 1. The second-order valence-corrected chi connectivity index (χ2v) is 11.6. The van der Waals surface area contributed by atoms with Crippen molar-refractivity contribution in [1.29, 1.82) is 0 Å². The molecule has 1 amide bonds. The van der Waals surface area contributed by atoms with Gasteiger partial charge in [-0.25, -0.2) is 4.39 Å². The van der Waals surface area contributed by atoms with Gasteiger partial charge in [0.2, 0.25) is 0 Å². The van der Waals surface area contributed by atoms with Crippen molar-refractivity contribution in [2.24, 2.45) is 23.0 Å². The smallest absolute Gasteiger partial charge is 0.312 e. The highest BCUT2D eigenvalue weighted by Crippen LogP contribution is 2.42. The van der Waals surface area contributed by atoms with Gasteiger partial charge in [0.05, 0.1) is 5.41 Å². The molecule has 0 bridgehead atoms. The highest BCUT2D eigenvalue weighted by atomic mass is 19.1. The van der Waals surface area contributed by atoms with E-state index in [4.69, 9.17) is 10.5 Å². The molecule has 6 nitrogen and oxygen atoms in total. The van der Waals surface area contributed by atoms with E-state index >= 15 is 0 Å². The number of hydrogen-bond donors (Lipinski definition) is 1. The fourth-order valence-corrected chi connectivity index (χ4v) is 6.30. The zero-order valence-electron chi connectivity index (χ0n) is 21.6. The summed E-state index contributed by atoms with van der Waals surface area (Å²) in [4.78, 5) is 40.6. The number of piperidine rings is 1. The van der Waals surface area contributed by atoms with Gasteiger partial charge in [0.25, 0.3) is 5.91 Å². The second kappa shape index (κ2) is 11.4. The van der Waals surface area contributed by atoms with E-state index in [1.807, 2.05) is 6.92 Å². The molecule has 3 aliphatic rings. The summed E-state index contributed by atoms with van der Waals surface area (Å²) < 4.78 is 19.1. The van der Waals surface area contributed by atoms with Crippen LogP contribution in [0.4, 0.5) is 4.39 Å². The zero-order chi connectivity index (χ0) is 25.8. The monoisotopic (exact) mass is 500 g/mol. The van der Waals surface area contributed by atoms with Crippen LogP contribution in [-0.2, 0) is 14.3 Å². The van der Waals surface area contributed by atoms with Gasteiger partial charge in [0.15, 0.2) is 11.4 Å². The van der Waals surface area contributed by atoms with Crippen molar-refractivity contribution in [2.45, 2.75) is 89.6 Å². The van der Waals surface area contributed by atoms with Crippen LogP contribution in [0, 0.1) is 23.1 Å². The molecule has 7 heteroatoms. The molecule has 0 aromatic heterocycles. The van der Waals surface area contributed by atoms with Crippen molar-refractivity contribution in [1.82, 2.24) is 4.90 Å². The molecule has 2 N–H and O–H groups in total. The lowest BCUT2D eigenvalue weighted by Crippen LogP contribution is -2.52. The van der Waals surface area contributed by atoms with Gasteiger partial charge in [0.1, 0.15) is 5.82 Å². The van der Waals surface area contributed by atoms with Crippen LogP contribution < -0.4 is 5.73 Å². The molecule has 1 aromatic carbocycles. The van der Waals surface area contributed by atoms with Crippen molar-refractivity contribution in [3.63, 3.8) is 0 Å².